The van der Waals surface area contributed by atoms with Crippen molar-refractivity contribution in [3.05, 3.63) is 54.1 Å². The van der Waals surface area contributed by atoms with Crippen LogP contribution in [0.3, 0.4) is 0 Å². The fourth-order valence-corrected chi connectivity index (χ4v) is 2.70. The summed E-state index contributed by atoms with van der Waals surface area (Å²) in [4.78, 5) is 23.7. The van der Waals surface area contributed by atoms with Gasteiger partial charge in [-0.15, -0.1) is 0 Å². The summed E-state index contributed by atoms with van der Waals surface area (Å²) in [6.45, 7) is 2.86. The molecular weight excluding hydrogens is 372 g/mol. The van der Waals surface area contributed by atoms with Crippen molar-refractivity contribution in [2.45, 2.75) is 24.8 Å². The Kier molecular flexibility index (Phi) is 6.54. The highest BCUT2D eigenvalue weighted by Gasteiger charge is 2.18. The number of hydrogen-bond donors (Lipinski definition) is 2. The van der Waals surface area contributed by atoms with Gasteiger partial charge < -0.3 is 14.8 Å². The fourth-order valence-electron chi connectivity index (χ4n) is 2.14. The lowest BCUT2D eigenvalue weighted by atomic mass is 10.2. The predicted molar refractivity (Wildman–Crippen MR) is 98.7 cm³/mol. The molecule has 0 saturated heterocycles. The number of ether oxygens (including phenoxy) is 2. The van der Waals surface area contributed by atoms with Crippen molar-refractivity contribution in [2.75, 3.05) is 11.9 Å². The van der Waals surface area contributed by atoms with Gasteiger partial charge in [0.1, 0.15) is 5.75 Å². The number of nitrogens with one attached hydrogen (secondary N) is 1. The standard InChI is InChI=1S/C18H20N2O6S/c1-12-5-3-7-15(9-12)26-13(2)18(22)25-11-17(21)20-14-6-4-8-16(10-14)27(19,23)24/h3-10,13H,11H2,1-2H3,(H,20,21)(H2,19,23,24)/t13-/m0/s1. The smallest absolute Gasteiger partial charge is 0.347 e. The lowest BCUT2D eigenvalue weighted by molar-refractivity contribution is -0.153. The second-order valence-electron chi connectivity index (χ2n) is 5.81. The minimum Gasteiger partial charge on any atom is -0.479 e. The third-order valence-corrected chi connectivity index (χ3v) is 4.34. The Hall–Kier alpha value is -2.91. The molecule has 1 amide bonds. The van der Waals surface area contributed by atoms with Crippen molar-refractivity contribution in [1.29, 1.82) is 0 Å². The van der Waals surface area contributed by atoms with E-state index in [1.807, 2.05) is 13.0 Å². The van der Waals surface area contributed by atoms with E-state index in [1.165, 1.54) is 31.2 Å². The molecule has 8 nitrogen and oxygen atoms in total. The zero-order chi connectivity index (χ0) is 20.0. The molecule has 1 atom stereocenters. The number of anilines is 1. The third-order valence-electron chi connectivity index (χ3n) is 3.43. The first kappa shape index (κ1) is 20.4. The van der Waals surface area contributed by atoms with Crippen molar-refractivity contribution >= 4 is 27.6 Å². The van der Waals surface area contributed by atoms with Crippen molar-refractivity contribution in [3.63, 3.8) is 0 Å². The van der Waals surface area contributed by atoms with Crippen LogP contribution in [0.4, 0.5) is 5.69 Å². The summed E-state index contributed by atoms with van der Waals surface area (Å²) in [6, 6.07) is 12.6. The molecule has 2 rings (SSSR count). The Morgan fingerprint density at radius 2 is 1.85 bits per heavy atom. The largest absolute Gasteiger partial charge is 0.479 e. The molecule has 0 saturated carbocycles. The highest BCUT2D eigenvalue weighted by Crippen LogP contribution is 2.15. The number of amides is 1. The average Bonchev–Trinajstić information content (AvgIpc) is 2.59. The molecule has 0 aliphatic carbocycles. The van der Waals surface area contributed by atoms with E-state index in [0.29, 0.717) is 5.75 Å². The summed E-state index contributed by atoms with van der Waals surface area (Å²) >= 11 is 0. The zero-order valence-corrected chi connectivity index (χ0v) is 15.7. The predicted octanol–water partition coefficient (Wildman–Crippen LogP) is 1.59. The van der Waals surface area contributed by atoms with Gasteiger partial charge >= 0.3 is 5.97 Å². The summed E-state index contributed by atoms with van der Waals surface area (Å²) in [5.74, 6) is -0.814. The van der Waals surface area contributed by atoms with E-state index in [9.17, 15) is 18.0 Å². The number of primary sulfonamides is 1. The molecule has 2 aromatic carbocycles. The Morgan fingerprint density at radius 1 is 1.15 bits per heavy atom. The molecule has 3 N–H and O–H groups in total. The van der Waals surface area contributed by atoms with Crippen LogP contribution in [-0.4, -0.2) is 33.0 Å². The summed E-state index contributed by atoms with van der Waals surface area (Å²) in [6.07, 6.45) is -0.898. The van der Waals surface area contributed by atoms with Crippen LogP contribution < -0.4 is 15.2 Å². The van der Waals surface area contributed by atoms with Gasteiger partial charge in [-0.3, -0.25) is 4.79 Å². The highest BCUT2D eigenvalue weighted by molar-refractivity contribution is 7.89. The summed E-state index contributed by atoms with van der Waals surface area (Å²) in [5.41, 5.74) is 1.20. The van der Waals surface area contributed by atoms with Gasteiger partial charge in [-0.25, -0.2) is 18.4 Å². The van der Waals surface area contributed by atoms with E-state index in [-0.39, 0.29) is 10.6 Å². The topological polar surface area (TPSA) is 125 Å². The number of carbonyl (C=O) groups is 2. The van der Waals surface area contributed by atoms with Crippen LogP contribution in [0.5, 0.6) is 5.75 Å². The number of rotatable bonds is 7. The van der Waals surface area contributed by atoms with Crippen LogP contribution >= 0.6 is 0 Å². The second-order valence-corrected chi connectivity index (χ2v) is 7.37. The molecule has 0 spiro atoms. The quantitative estimate of drug-likeness (QED) is 0.690. The first-order valence-electron chi connectivity index (χ1n) is 7.98. The Labute approximate surface area is 157 Å². The van der Waals surface area contributed by atoms with Crippen molar-refractivity contribution in [3.8, 4) is 5.75 Å². The molecule has 2 aromatic rings. The van der Waals surface area contributed by atoms with Crippen molar-refractivity contribution in [2.24, 2.45) is 5.14 Å². The molecular formula is C18H20N2O6S. The molecule has 0 aromatic heterocycles. The Morgan fingerprint density at radius 3 is 2.52 bits per heavy atom. The third kappa shape index (κ3) is 6.39. The maximum Gasteiger partial charge on any atom is 0.347 e. The van der Waals surface area contributed by atoms with Gasteiger partial charge in [-0.2, -0.15) is 0 Å². The summed E-state index contributed by atoms with van der Waals surface area (Å²) in [7, 11) is -3.88. The fraction of sp³-hybridized carbons (Fsp3) is 0.222. The number of benzene rings is 2. The SMILES string of the molecule is Cc1cccc(O[C@@H](C)C(=O)OCC(=O)Nc2cccc(S(N)(=O)=O)c2)c1. The molecule has 144 valence electrons. The molecule has 27 heavy (non-hydrogen) atoms. The number of carbonyl (C=O) groups excluding carboxylic acids is 2. The van der Waals surface area contributed by atoms with Gasteiger partial charge in [0.05, 0.1) is 4.90 Å². The van der Waals surface area contributed by atoms with E-state index >= 15 is 0 Å². The normalized spacial score (nSPS) is 12.1. The maximum atomic E-state index is 12.0. The molecule has 0 aliphatic heterocycles. The molecule has 0 heterocycles. The second kappa shape index (κ2) is 8.65. The Balaban J connectivity index is 1.87. The molecule has 0 bridgehead atoms. The maximum absolute atomic E-state index is 12.0. The number of esters is 1. The molecule has 0 fully saturated rings. The van der Waals surface area contributed by atoms with Crippen LogP contribution in [-0.2, 0) is 24.3 Å². The molecule has 0 radical (unpaired) electrons. The zero-order valence-electron chi connectivity index (χ0n) is 14.8. The molecule has 0 aliphatic rings. The van der Waals surface area contributed by atoms with E-state index < -0.39 is 34.6 Å². The lowest BCUT2D eigenvalue weighted by Gasteiger charge is -2.14. The van der Waals surface area contributed by atoms with Gasteiger partial charge in [-0.1, -0.05) is 18.2 Å². The van der Waals surface area contributed by atoms with Crippen LogP contribution in [0, 0.1) is 6.92 Å². The van der Waals surface area contributed by atoms with Gasteiger partial charge in [-0.05, 0) is 49.7 Å². The van der Waals surface area contributed by atoms with E-state index in [2.05, 4.69) is 5.32 Å². The first-order valence-corrected chi connectivity index (χ1v) is 9.52. The summed E-state index contributed by atoms with van der Waals surface area (Å²) in [5, 5.41) is 7.47. The number of hydrogen-bond acceptors (Lipinski definition) is 6. The first-order chi connectivity index (χ1) is 12.6. The van der Waals surface area contributed by atoms with Crippen molar-refractivity contribution in [1.82, 2.24) is 0 Å². The number of nitrogens with two attached hydrogens (primary N) is 1. The highest BCUT2D eigenvalue weighted by atomic mass is 32.2. The monoisotopic (exact) mass is 392 g/mol. The van der Waals surface area contributed by atoms with Crippen LogP contribution in [0.15, 0.2) is 53.4 Å². The minimum absolute atomic E-state index is 0.141. The van der Waals surface area contributed by atoms with Gasteiger partial charge in [0, 0.05) is 5.69 Å². The van der Waals surface area contributed by atoms with E-state index in [0.717, 1.165) is 5.56 Å². The van der Waals surface area contributed by atoms with Gasteiger partial charge in [0.15, 0.2) is 12.7 Å². The van der Waals surface area contributed by atoms with Crippen LogP contribution in [0.25, 0.3) is 0 Å². The van der Waals surface area contributed by atoms with Crippen LogP contribution in [0.1, 0.15) is 12.5 Å². The van der Waals surface area contributed by atoms with Gasteiger partial charge in [0.25, 0.3) is 5.91 Å². The Bertz CT molecular complexity index is 942. The van der Waals surface area contributed by atoms with Crippen molar-refractivity contribution < 1.29 is 27.5 Å². The van der Waals surface area contributed by atoms with Crippen LogP contribution in [0.2, 0.25) is 0 Å². The number of aryl methyl sites for hydroxylation is 1. The number of sulfonamides is 1. The minimum atomic E-state index is -3.88. The van der Waals surface area contributed by atoms with Gasteiger partial charge in [0.2, 0.25) is 10.0 Å². The van der Waals surface area contributed by atoms with E-state index in [1.54, 1.807) is 18.2 Å². The summed E-state index contributed by atoms with van der Waals surface area (Å²) < 4.78 is 33.0. The molecule has 0 unspecified atom stereocenters. The van der Waals surface area contributed by atoms with E-state index in [4.69, 9.17) is 14.6 Å². The molecule has 9 heteroatoms. The lowest BCUT2D eigenvalue weighted by Crippen LogP contribution is -2.29. The average molecular weight is 392 g/mol.